The van der Waals surface area contributed by atoms with Crippen LogP contribution >= 0.6 is 11.3 Å². The maximum atomic E-state index is 12.4. The highest BCUT2D eigenvalue weighted by Crippen LogP contribution is 2.35. The Hall–Kier alpha value is -3.11. The number of aromatic nitrogens is 1. The highest BCUT2D eigenvalue weighted by molar-refractivity contribution is 7.16. The molecule has 25 heavy (non-hydrogen) atoms. The van der Waals surface area contributed by atoms with Crippen LogP contribution in [-0.2, 0) is 7.05 Å². The molecule has 4 rings (SSSR count). The monoisotopic (exact) mass is 351 g/mol. The lowest BCUT2D eigenvalue weighted by molar-refractivity contribution is 0.0998. The van der Waals surface area contributed by atoms with Crippen LogP contribution in [0.4, 0.5) is 0 Å². The van der Waals surface area contributed by atoms with Gasteiger partial charge in [-0.05, 0) is 24.3 Å². The normalized spacial score (nSPS) is 13.7. The molecule has 1 amide bonds. The van der Waals surface area contributed by atoms with E-state index in [0.29, 0.717) is 40.6 Å². The molecule has 0 saturated heterocycles. The zero-order valence-electron chi connectivity index (χ0n) is 13.4. The van der Waals surface area contributed by atoms with Crippen molar-refractivity contribution in [3.05, 3.63) is 52.3 Å². The van der Waals surface area contributed by atoms with Gasteiger partial charge in [-0.15, -0.1) is 0 Å². The molecule has 0 N–H and O–H groups in total. The predicted molar refractivity (Wildman–Crippen MR) is 92.8 cm³/mol. The Morgan fingerprint density at radius 1 is 1.20 bits per heavy atom. The summed E-state index contributed by atoms with van der Waals surface area (Å²) in [4.78, 5) is 17.2. The summed E-state index contributed by atoms with van der Waals surface area (Å²) in [6.07, 6.45) is 0. The minimum Gasteiger partial charge on any atom is -0.486 e. The molecule has 7 heteroatoms. The summed E-state index contributed by atoms with van der Waals surface area (Å²) in [6.45, 7) is 1.06. The number of carbonyl (C=O) groups excluding carboxylic acids is 1. The number of benzene rings is 2. The molecule has 0 atom stereocenters. The van der Waals surface area contributed by atoms with E-state index in [-0.39, 0.29) is 5.91 Å². The zero-order valence-corrected chi connectivity index (χ0v) is 14.2. The predicted octanol–water partition coefficient (Wildman–Crippen LogP) is 2.62. The van der Waals surface area contributed by atoms with Gasteiger partial charge < -0.3 is 14.0 Å². The highest BCUT2D eigenvalue weighted by Gasteiger charge is 2.15. The molecule has 0 fully saturated rings. The maximum Gasteiger partial charge on any atom is 0.279 e. The summed E-state index contributed by atoms with van der Waals surface area (Å²) in [5, 5.41) is 8.83. The fourth-order valence-corrected chi connectivity index (χ4v) is 3.64. The number of carbonyl (C=O) groups is 1. The van der Waals surface area contributed by atoms with Crippen molar-refractivity contribution in [3.8, 4) is 17.6 Å². The third-order valence-corrected chi connectivity index (χ3v) is 5.03. The summed E-state index contributed by atoms with van der Waals surface area (Å²) >= 11 is 1.41. The summed E-state index contributed by atoms with van der Waals surface area (Å²) in [6, 6.07) is 12.3. The molecule has 2 aromatic carbocycles. The van der Waals surface area contributed by atoms with Crippen molar-refractivity contribution in [3.63, 3.8) is 0 Å². The van der Waals surface area contributed by atoms with Gasteiger partial charge in [-0.2, -0.15) is 10.3 Å². The molecule has 0 saturated carbocycles. The maximum absolute atomic E-state index is 12.4. The van der Waals surface area contributed by atoms with Gasteiger partial charge in [-0.1, -0.05) is 11.3 Å². The number of hydrogen-bond acceptors (Lipinski definition) is 5. The number of aryl methyl sites for hydroxylation is 1. The number of amides is 1. The molecule has 0 spiro atoms. The number of ether oxygens (including phenoxy) is 2. The van der Waals surface area contributed by atoms with Crippen LogP contribution < -0.4 is 14.3 Å². The Balaban J connectivity index is 1.77. The molecule has 1 aliphatic rings. The van der Waals surface area contributed by atoms with Crippen LogP contribution in [0.25, 0.3) is 10.2 Å². The second-order valence-corrected chi connectivity index (χ2v) is 6.52. The third-order valence-electron chi connectivity index (χ3n) is 3.93. The van der Waals surface area contributed by atoms with E-state index in [9.17, 15) is 4.79 Å². The molecule has 3 aromatic rings. The number of thiazole rings is 1. The van der Waals surface area contributed by atoms with E-state index in [1.165, 1.54) is 11.3 Å². The van der Waals surface area contributed by atoms with Gasteiger partial charge in [0.15, 0.2) is 16.3 Å². The first kappa shape index (κ1) is 15.4. The largest absolute Gasteiger partial charge is 0.486 e. The first-order chi connectivity index (χ1) is 12.2. The molecule has 2 heterocycles. The Kier molecular flexibility index (Phi) is 3.75. The lowest BCUT2D eigenvalue weighted by Gasteiger charge is -2.18. The van der Waals surface area contributed by atoms with Gasteiger partial charge in [0.2, 0.25) is 0 Å². The van der Waals surface area contributed by atoms with Crippen LogP contribution in [0, 0.1) is 11.3 Å². The van der Waals surface area contributed by atoms with E-state index in [1.807, 2.05) is 29.8 Å². The molecule has 0 bridgehead atoms. The van der Waals surface area contributed by atoms with Gasteiger partial charge in [0.05, 0.1) is 21.8 Å². The lowest BCUT2D eigenvalue weighted by atomic mass is 10.1. The Bertz CT molecular complexity index is 1090. The van der Waals surface area contributed by atoms with Gasteiger partial charge in [0, 0.05) is 24.7 Å². The fraction of sp³-hybridized carbons (Fsp3) is 0.167. The molecular formula is C18H13N3O3S. The average molecular weight is 351 g/mol. The quantitative estimate of drug-likeness (QED) is 0.675. The van der Waals surface area contributed by atoms with Crippen LogP contribution in [0.2, 0.25) is 0 Å². The molecule has 124 valence electrons. The second-order valence-electron chi connectivity index (χ2n) is 5.51. The van der Waals surface area contributed by atoms with Crippen molar-refractivity contribution in [1.82, 2.24) is 4.57 Å². The van der Waals surface area contributed by atoms with Crippen molar-refractivity contribution < 1.29 is 14.3 Å². The summed E-state index contributed by atoms with van der Waals surface area (Å²) in [5.41, 5.74) is 1.89. The van der Waals surface area contributed by atoms with E-state index >= 15 is 0 Å². The summed E-state index contributed by atoms with van der Waals surface area (Å²) in [7, 11) is 1.86. The Morgan fingerprint density at radius 3 is 2.56 bits per heavy atom. The van der Waals surface area contributed by atoms with E-state index in [4.69, 9.17) is 14.7 Å². The van der Waals surface area contributed by atoms with Crippen LogP contribution in [0.15, 0.2) is 41.4 Å². The number of nitriles is 1. The first-order valence-electron chi connectivity index (χ1n) is 7.64. The lowest BCUT2D eigenvalue weighted by Crippen LogP contribution is -2.15. The topological polar surface area (TPSA) is 76.6 Å². The number of hydrogen-bond donors (Lipinski definition) is 0. The number of rotatable bonds is 1. The van der Waals surface area contributed by atoms with Gasteiger partial charge in [0.1, 0.15) is 13.2 Å². The van der Waals surface area contributed by atoms with Gasteiger partial charge in [-0.25, -0.2) is 0 Å². The average Bonchev–Trinajstić information content (AvgIpc) is 2.95. The van der Waals surface area contributed by atoms with Crippen LogP contribution in [0.3, 0.4) is 0 Å². The molecular weight excluding hydrogens is 338 g/mol. The third kappa shape index (κ3) is 2.77. The zero-order chi connectivity index (χ0) is 17.4. The van der Waals surface area contributed by atoms with E-state index in [0.717, 1.165) is 10.2 Å². The Morgan fingerprint density at radius 2 is 1.88 bits per heavy atom. The van der Waals surface area contributed by atoms with Crippen LogP contribution in [-0.4, -0.2) is 23.7 Å². The van der Waals surface area contributed by atoms with E-state index < -0.39 is 0 Å². The molecule has 1 aliphatic heterocycles. The molecule has 6 nitrogen and oxygen atoms in total. The highest BCUT2D eigenvalue weighted by atomic mass is 32.1. The van der Waals surface area contributed by atoms with Crippen molar-refractivity contribution in [2.24, 2.45) is 12.0 Å². The fourth-order valence-electron chi connectivity index (χ4n) is 2.61. The smallest absolute Gasteiger partial charge is 0.279 e. The standard InChI is InChI=1S/C18H13N3O3S/c1-21-13-8-14-15(24-7-6-23-14)9-16(13)25-18(21)20-17(22)12-4-2-11(10-19)3-5-12/h2-5,8-9H,6-7H2,1H3. The molecule has 1 aromatic heterocycles. The van der Waals surface area contributed by atoms with Crippen molar-refractivity contribution in [2.45, 2.75) is 0 Å². The van der Waals surface area contributed by atoms with Gasteiger partial charge in [-0.3, -0.25) is 4.79 Å². The second kappa shape index (κ2) is 6.07. The minimum absolute atomic E-state index is 0.344. The van der Waals surface area contributed by atoms with Crippen LogP contribution in [0.1, 0.15) is 15.9 Å². The van der Waals surface area contributed by atoms with Gasteiger partial charge in [0.25, 0.3) is 5.91 Å². The summed E-state index contributed by atoms with van der Waals surface area (Å²) in [5.74, 6) is 1.08. The van der Waals surface area contributed by atoms with E-state index in [1.54, 1.807) is 24.3 Å². The summed E-state index contributed by atoms with van der Waals surface area (Å²) < 4.78 is 14.0. The SMILES string of the molecule is Cn1c(=NC(=O)c2ccc(C#N)cc2)sc2cc3c(cc21)OCCO3. The van der Waals surface area contributed by atoms with Gasteiger partial charge >= 0.3 is 0 Å². The first-order valence-corrected chi connectivity index (χ1v) is 8.46. The molecule has 0 aliphatic carbocycles. The van der Waals surface area contributed by atoms with Crippen molar-refractivity contribution in [2.75, 3.05) is 13.2 Å². The molecule has 0 unspecified atom stereocenters. The molecule has 0 radical (unpaired) electrons. The number of fused-ring (bicyclic) bond motifs is 2. The van der Waals surface area contributed by atoms with E-state index in [2.05, 4.69) is 4.99 Å². The van der Waals surface area contributed by atoms with Crippen LogP contribution in [0.5, 0.6) is 11.5 Å². The van der Waals surface area contributed by atoms with Crippen molar-refractivity contribution >= 4 is 27.5 Å². The van der Waals surface area contributed by atoms with Crippen molar-refractivity contribution in [1.29, 1.82) is 5.26 Å². The Labute approximate surface area is 147 Å². The number of nitrogens with zero attached hydrogens (tertiary/aromatic N) is 3. The minimum atomic E-state index is -0.344.